The minimum Gasteiger partial charge on any atom is -0.350 e. The highest BCUT2D eigenvalue weighted by molar-refractivity contribution is 6.31. The Morgan fingerprint density at radius 2 is 2.12 bits per heavy atom. The Morgan fingerprint density at radius 3 is 2.88 bits per heavy atom. The van der Waals surface area contributed by atoms with E-state index in [-0.39, 0.29) is 45.9 Å². The van der Waals surface area contributed by atoms with Crippen molar-refractivity contribution in [1.29, 1.82) is 0 Å². The fourth-order valence-corrected chi connectivity index (χ4v) is 4.04. The van der Waals surface area contributed by atoms with Gasteiger partial charge in [0.25, 0.3) is 5.91 Å². The molecule has 2 aromatic rings. The first-order valence-corrected chi connectivity index (χ1v) is 8.82. The lowest BCUT2D eigenvalue weighted by atomic mass is 10.0. The second-order valence-corrected chi connectivity index (χ2v) is 7.09. The SMILES string of the molecule is CC(=O)N1CC2CC1CCN2C(=O)c1cc(-c2cccc(Cl)c2F)no1. The second kappa shape index (κ2) is 6.39. The van der Waals surface area contributed by atoms with Gasteiger partial charge >= 0.3 is 0 Å². The summed E-state index contributed by atoms with van der Waals surface area (Å²) in [5, 5.41) is 3.81. The van der Waals surface area contributed by atoms with Crippen LogP contribution in [0.5, 0.6) is 0 Å². The van der Waals surface area contributed by atoms with Gasteiger partial charge in [0.15, 0.2) is 5.82 Å². The maximum absolute atomic E-state index is 14.1. The molecule has 8 heteroatoms. The molecule has 0 N–H and O–H groups in total. The van der Waals surface area contributed by atoms with Gasteiger partial charge in [0, 0.05) is 37.7 Å². The van der Waals surface area contributed by atoms with E-state index in [2.05, 4.69) is 5.16 Å². The van der Waals surface area contributed by atoms with Crippen LogP contribution < -0.4 is 0 Å². The molecule has 1 aromatic heterocycles. The van der Waals surface area contributed by atoms with Gasteiger partial charge in [-0.05, 0) is 25.0 Å². The minimum atomic E-state index is -0.602. The van der Waals surface area contributed by atoms with Crippen LogP contribution in [0.3, 0.4) is 0 Å². The maximum atomic E-state index is 14.1. The molecule has 0 radical (unpaired) electrons. The van der Waals surface area contributed by atoms with E-state index < -0.39 is 5.82 Å². The first-order chi connectivity index (χ1) is 12.5. The molecule has 0 aliphatic carbocycles. The predicted molar refractivity (Wildman–Crippen MR) is 92.1 cm³/mol. The predicted octanol–water partition coefficient (Wildman–Crippen LogP) is 2.97. The van der Waals surface area contributed by atoms with E-state index in [1.165, 1.54) is 18.2 Å². The van der Waals surface area contributed by atoms with Gasteiger partial charge in [-0.1, -0.05) is 22.8 Å². The molecule has 2 unspecified atom stereocenters. The number of likely N-dealkylation sites (tertiary alicyclic amines) is 2. The molecule has 26 heavy (non-hydrogen) atoms. The van der Waals surface area contributed by atoms with Gasteiger partial charge in [-0.2, -0.15) is 0 Å². The van der Waals surface area contributed by atoms with Gasteiger partial charge in [0.2, 0.25) is 11.7 Å². The van der Waals surface area contributed by atoms with E-state index in [0.29, 0.717) is 13.1 Å². The van der Waals surface area contributed by atoms with E-state index in [9.17, 15) is 14.0 Å². The normalized spacial score (nSPS) is 22.0. The number of rotatable bonds is 2. The van der Waals surface area contributed by atoms with Crippen molar-refractivity contribution in [3.05, 3.63) is 40.9 Å². The van der Waals surface area contributed by atoms with Crippen molar-refractivity contribution in [2.45, 2.75) is 31.8 Å². The smallest absolute Gasteiger partial charge is 0.292 e. The number of carbonyl (C=O) groups excluding carboxylic acids is 2. The molecule has 0 spiro atoms. The number of aromatic nitrogens is 1. The molecule has 2 atom stereocenters. The summed E-state index contributed by atoms with van der Waals surface area (Å²) in [5.41, 5.74) is 0.405. The van der Waals surface area contributed by atoms with Gasteiger partial charge in [0.1, 0.15) is 5.69 Å². The Hall–Kier alpha value is -2.41. The van der Waals surface area contributed by atoms with Gasteiger partial charge in [-0.25, -0.2) is 4.39 Å². The number of hydrogen-bond donors (Lipinski definition) is 0. The lowest BCUT2D eigenvalue weighted by Crippen LogP contribution is -2.44. The first kappa shape index (κ1) is 17.0. The molecule has 1 aromatic carbocycles. The molecule has 2 saturated heterocycles. The number of amides is 2. The average molecular weight is 378 g/mol. The highest BCUT2D eigenvalue weighted by Gasteiger charge is 2.43. The summed E-state index contributed by atoms with van der Waals surface area (Å²) in [6, 6.07) is 6.18. The van der Waals surface area contributed by atoms with E-state index in [1.54, 1.807) is 17.9 Å². The van der Waals surface area contributed by atoms with Crippen molar-refractivity contribution in [1.82, 2.24) is 15.0 Å². The highest BCUT2D eigenvalue weighted by atomic mass is 35.5. The summed E-state index contributed by atoms with van der Waals surface area (Å²) < 4.78 is 19.3. The van der Waals surface area contributed by atoms with Gasteiger partial charge in [0.05, 0.1) is 11.1 Å². The fraction of sp³-hybridized carbons (Fsp3) is 0.389. The van der Waals surface area contributed by atoms with Crippen molar-refractivity contribution < 1.29 is 18.5 Å². The van der Waals surface area contributed by atoms with Crippen LogP contribution in [0.2, 0.25) is 5.02 Å². The lowest BCUT2D eigenvalue weighted by molar-refractivity contribution is -0.129. The summed E-state index contributed by atoms with van der Waals surface area (Å²) in [7, 11) is 0. The largest absolute Gasteiger partial charge is 0.350 e. The number of benzene rings is 1. The molecule has 2 bridgehead atoms. The molecule has 4 rings (SSSR count). The monoisotopic (exact) mass is 377 g/mol. The molecular weight excluding hydrogens is 361 g/mol. The zero-order valence-electron chi connectivity index (χ0n) is 14.1. The summed E-state index contributed by atoms with van der Waals surface area (Å²) in [6.07, 6.45) is 1.51. The van der Waals surface area contributed by atoms with Crippen molar-refractivity contribution in [2.24, 2.45) is 0 Å². The molecule has 6 nitrogen and oxygen atoms in total. The van der Waals surface area contributed by atoms with Crippen LogP contribution in [0.15, 0.2) is 28.8 Å². The zero-order chi connectivity index (χ0) is 18.4. The third-order valence-electron chi connectivity index (χ3n) is 5.15. The number of fused-ring (bicyclic) bond motifs is 2. The molecule has 2 aliphatic heterocycles. The first-order valence-electron chi connectivity index (χ1n) is 8.45. The fourth-order valence-electron chi connectivity index (χ4n) is 3.86. The Labute approximate surface area is 154 Å². The Kier molecular flexibility index (Phi) is 4.19. The number of piperidine rings is 1. The van der Waals surface area contributed by atoms with Crippen LogP contribution in [-0.4, -0.2) is 51.9 Å². The molecule has 2 amide bonds. The topological polar surface area (TPSA) is 66.7 Å². The van der Waals surface area contributed by atoms with E-state index >= 15 is 0 Å². The third kappa shape index (κ3) is 2.76. The molecule has 0 saturated carbocycles. The quantitative estimate of drug-likeness (QED) is 0.807. The van der Waals surface area contributed by atoms with Crippen LogP contribution in [0.1, 0.15) is 30.3 Å². The van der Waals surface area contributed by atoms with Crippen LogP contribution in [0, 0.1) is 5.82 Å². The van der Waals surface area contributed by atoms with E-state index in [1.807, 2.05) is 4.90 Å². The Balaban J connectivity index is 1.56. The lowest BCUT2D eigenvalue weighted by Gasteiger charge is -2.31. The highest BCUT2D eigenvalue weighted by Crippen LogP contribution is 2.32. The zero-order valence-corrected chi connectivity index (χ0v) is 14.9. The Bertz CT molecular complexity index is 884. The van der Waals surface area contributed by atoms with Gasteiger partial charge < -0.3 is 14.3 Å². The minimum absolute atomic E-state index is 0.0178. The molecular formula is C18H17ClFN3O3. The molecule has 2 fully saturated rings. The number of halogens is 2. The second-order valence-electron chi connectivity index (χ2n) is 6.68. The Morgan fingerprint density at radius 1 is 1.31 bits per heavy atom. The van der Waals surface area contributed by atoms with Crippen LogP contribution in [-0.2, 0) is 4.79 Å². The summed E-state index contributed by atoms with van der Waals surface area (Å²) >= 11 is 5.80. The summed E-state index contributed by atoms with van der Waals surface area (Å²) in [6.45, 7) is 2.64. The van der Waals surface area contributed by atoms with E-state index in [4.69, 9.17) is 16.1 Å². The van der Waals surface area contributed by atoms with Crippen molar-refractivity contribution in [3.63, 3.8) is 0 Å². The van der Waals surface area contributed by atoms with Gasteiger partial charge in [-0.15, -0.1) is 0 Å². The van der Waals surface area contributed by atoms with Crippen molar-refractivity contribution >= 4 is 23.4 Å². The number of carbonyl (C=O) groups is 2. The average Bonchev–Trinajstić information content (AvgIpc) is 3.22. The third-order valence-corrected chi connectivity index (χ3v) is 5.44. The van der Waals surface area contributed by atoms with Crippen LogP contribution >= 0.6 is 11.6 Å². The van der Waals surface area contributed by atoms with Crippen LogP contribution in [0.4, 0.5) is 4.39 Å². The molecule has 136 valence electrons. The standard InChI is InChI=1S/C18H17ClFN3O3/c1-10(24)23-9-12-7-11(23)5-6-22(12)18(25)16-8-15(21-26-16)13-3-2-4-14(19)17(13)20/h2-4,8,11-12H,5-7,9H2,1H3. The summed E-state index contributed by atoms with van der Waals surface area (Å²) in [4.78, 5) is 28.1. The molecule has 2 aliphatic rings. The number of hydrogen-bond acceptors (Lipinski definition) is 4. The van der Waals surface area contributed by atoms with Gasteiger partial charge in [-0.3, -0.25) is 9.59 Å². The number of nitrogens with zero attached hydrogens (tertiary/aromatic N) is 3. The van der Waals surface area contributed by atoms with Crippen LogP contribution in [0.25, 0.3) is 11.3 Å². The van der Waals surface area contributed by atoms with Crippen molar-refractivity contribution in [3.8, 4) is 11.3 Å². The molecule has 3 heterocycles. The van der Waals surface area contributed by atoms with E-state index in [0.717, 1.165) is 12.8 Å². The summed E-state index contributed by atoms with van der Waals surface area (Å²) in [5.74, 6) is -0.806. The van der Waals surface area contributed by atoms with Crippen molar-refractivity contribution in [2.75, 3.05) is 13.1 Å². The maximum Gasteiger partial charge on any atom is 0.292 e.